The summed E-state index contributed by atoms with van der Waals surface area (Å²) in [6.45, 7) is 4.20. The maximum absolute atomic E-state index is 10.3. The Labute approximate surface area is 98.8 Å². The van der Waals surface area contributed by atoms with Crippen molar-refractivity contribution < 1.29 is 5.11 Å². The molecule has 1 heterocycles. The van der Waals surface area contributed by atoms with Crippen molar-refractivity contribution in [2.45, 2.75) is 25.9 Å². The predicted molar refractivity (Wildman–Crippen MR) is 64.5 cm³/mol. The summed E-state index contributed by atoms with van der Waals surface area (Å²) in [4.78, 5) is 4.06. The van der Waals surface area contributed by atoms with Crippen LogP contribution in [-0.4, -0.2) is 22.2 Å². The lowest BCUT2D eigenvalue weighted by atomic mass is 9.85. The second-order valence-electron chi connectivity index (χ2n) is 4.15. The van der Waals surface area contributed by atoms with Gasteiger partial charge in [-0.3, -0.25) is 4.98 Å². The molecule has 0 saturated carbocycles. The Morgan fingerprint density at radius 3 is 2.67 bits per heavy atom. The van der Waals surface area contributed by atoms with Crippen molar-refractivity contribution in [1.29, 1.82) is 0 Å². The molecule has 1 aromatic heterocycles. The minimum absolute atomic E-state index is 0.126. The number of hydrogen-bond donors (Lipinski definition) is 2. The molecule has 0 radical (unpaired) electrons. The van der Waals surface area contributed by atoms with Gasteiger partial charge in [-0.05, 0) is 33.5 Å². The highest BCUT2D eigenvalue weighted by Crippen LogP contribution is 2.22. The monoisotopic (exact) mass is 272 g/mol. The van der Waals surface area contributed by atoms with Crippen LogP contribution in [0.3, 0.4) is 0 Å². The van der Waals surface area contributed by atoms with Gasteiger partial charge in [0.25, 0.3) is 0 Å². The van der Waals surface area contributed by atoms with E-state index in [4.69, 9.17) is 5.73 Å². The van der Waals surface area contributed by atoms with E-state index in [1.54, 1.807) is 12.4 Å². The average Bonchev–Trinajstić information content (AvgIpc) is 2.17. The van der Waals surface area contributed by atoms with Crippen LogP contribution in [0.15, 0.2) is 22.9 Å². The van der Waals surface area contributed by atoms with Gasteiger partial charge in [0.1, 0.15) is 0 Å². The zero-order valence-corrected chi connectivity index (χ0v) is 10.7. The first kappa shape index (κ1) is 12.6. The van der Waals surface area contributed by atoms with E-state index in [2.05, 4.69) is 20.9 Å². The molecule has 0 saturated heterocycles. The number of rotatable bonds is 4. The Kier molecular flexibility index (Phi) is 4.25. The Balaban J connectivity index is 2.84. The highest BCUT2D eigenvalue weighted by Gasteiger charge is 2.29. The molecule has 84 valence electrons. The minimum atomic E-state index is -0.845. The van der Waals surface area contributed by atoms with Crippen LogP contribution >= 0.6 is 15.9 Å². The maximum atomic E-state index is 10.3. The first-order valence-electron chi connectivity index (χ1n) is 5.00. The smallest absolute Gasteiger partial charge is 0.0832 e. The molecule has 0 aliphatic rings. The second-order valence-corrected chi connectivity index (χ2v) is 5.07. The molecule has 0 aromatic carbocycles. The van der Waals surface area contributed by atoms with Crippen molar-refractivity contribution in [1.82, 2.24) is 4.98 Å². The molecule has 0 bridgehead atoms. The average molecular weight is 273 g/mol. The number of aromatic nitrogens is 1. The molecule has 1 unspecified atom stereocenters. The topological polar surface area (TPSA) is 59.1 Å². The summed E-state index contributed by atoms with van der Waals surface area (Å²) in [5.74, 6) is 0.126. The molecule has 0 amide bonds. The van der Waals surface area contributed by atoms with Gasteiger partial charge in [0, 0.05) is 29.8 Å². The third-order valence-electron chi connectivity index (χ3n) is 2.70. The maximum Gasteiger partial charge on any atom is 0.0832 e. The summed E-state index contributed by atoms with van der Waals surface area (Å²) in [5.41, 5.74) is 5.76. The van der Waals surface area contributed by atoms with Gasteiger partial charge in [-0.1, -0.05) is 13.8 Å². The van der Waals surface area contributed by atoms with Gasteiger partial charge < -0.3 is 10.8 Å². The van der Waals surface area contributed by atoms with Gasteiger partial charge >= 0.3 is 0 Å². The molecular weight excluding hydrogens is 256 g/mol. The van der Waals surface area contributed by atoms with E-state index < -0.39 is 5.60 Å². The van der Waals surface area contributed by atoms with Crippen molar-refractivity contribution in [3.05, 3.63) is 28.5 Å². The van der Waals surface area contributed by atoms with Gasteiger partial charge in [0.15, 0.2) is 0 Å². The number of hydrogen-bond acceptors (Lipinski definition) is 3. The molecule has 0 aliphatic heterocycles. The highest BCUT2D eigenvalue weighted by atomic mass is 79.9. The van der Waals surface area contributed by atoms with E-state index >= 15 is 0 Å². The Morgan fingerprint density at radius 2 is 2.20 bits per heavy atom. The highest BCUT2D eigenvalue weighted by molar-refractivity contribution is 9.10. The molecule has 3 nitrogen and oxygen atoms in total. The van der Waals surface area contributed by atoms with E-state index in [1.807, 2.05) is 19.9 Å². The molecule has 0 spiro atoms. The van der Waals surface area contributed by atoms with Crippen molar-refractivity contribution >= 4 is 15.9 Å². The largest absolute Gasteiger partial charge is 0.388 e. The van der Waals surface area contributed by atoms with E-state index in [0.29, 0.717) is 6.42 Å². The molecule has 1 aromatic rings. The molecule has 0 aliphatic carbocycles. The predicted octanol–water partition coefficient (Wildman–Crippen LogP) is 1.73. The molecule has 1 atom stereocenters. The summed E-state index contributed by atoms with van der Waals surface area (Å²) in [7, 11) is 0. The molecule has 1 rings (SSSR count). The zero-order valence-electron chi connectivity index (χ0n) is 9.07. The molecular formula is C11H17BrN2O. The van der Waals surface area contributed by atoms with Gasteiger partial charge in [0.05, 0.1) is 5.60 Å². The number of aliphatic hydroxyl groups is 1. The van der Waals surface area contributed by atoms with Crippen molar-refractivity contribution in [3.63, 3.8) is 0 Å². The molecule has 15 heavy (non-hydrogen) atoms. The normalized spacial score (nSPS) is 15.3. The van der Waals surface area contributed by atoms with E-state index in [1.165, 1.54) is 0 Å². The lowest BCUT2D eigenvalue weighted by molar-refractivity contribution is 0.00400. The summed E-state index contributed by atoms with van der Waals surface area (Å²) in [5, 5.41) is 10.3. The fourth-order valence-electron chi connectivity index (χ4n) is 1.42. The minimum Gasteiger partial charge on any atom is -0.388 e. The van der Waals surface area contributed by atoms with Gasteiger partial charge in [-0.15, -0.1) is 0 Å². The Hall–Kier alpha value is -0.450. The summed E-state index contributed by atoms with van der Waals surface area (Å²) >= 11 is 3.35. The summed E-state index contributed by atoms with van der Waals surface area (Å²) in [6, 6.07) is 1.95. The van der Waals surface area contributed by atoms with Gasteiger partial charge in [-0.2, -0.15) is 0 Å². The van der Waals surface area contributed by atoms with Crippen LogP contribution in [0.5, 0.6) is 0 Å². The van der Waals surface area contributed by atoms with Crippen LogP contribution in [0, 0.1) is 5.92 Å². The second kappa shape index (κ2) is 5.05. The fourth-order valence-corrected chi connectivity index (χ4v) is 1.83. The fraction of sp³-hybridized carbons (Fsp3) is 0.545. The van der Waals surface area contributed by atoms with Crippen LogP contribution in [0.25, 0.3) is 0 Å². The lowest BCUT2D eigenvalue weighted by Crippen LogP contribution is -2.44. The quantitative estimate of drug-likeness (QED) is 0.878. The third-order valence-corrected chi connectivity index (χ3v) is 3.13. The van der Waals surface area contributed by atoms with Crippen LogP contribution in [0.1, 0.15) is 19.4 Å². The number of pyridine rings is 1. The van der Waals surface area contributed by atoms with Crippen LogP contribution in [0.4, 0.5) is 0 Å². The van der Waals surface area contributed by atoms with Crippen LogP contribution in [0.2, 0.25) is 0 Å². The molecule has 4 heteroatoms. The summed E-state index contributed by atoms with van der Waals surface area (Å²) < 4.78 is 0.920. The summed E-state index contributed by atoms with van der Waals surface area (Å²) in [6.07, 6.45) is 4.02. The standard InChI is InChI=1S/C11H17BrN2O/c1-8(2)11(15,7-13)4-9-3-10(12)6-14-5-9/h3,5-6,8,15H,4,7,13H2,1-2H3. The zero-order chi connectivity index (χ0) is 11.5. The van der Waals surface area contributed by atoms with Gasteiger partial charge in [-0.25, -0.2) is 0 Å². The number of halogens is 1. The van der Waals surface area contributed by atoms with Crippen LogP contribution < -0.4 is 5.73 Å². The third kappa shape index (κ3) is 3.26. The molecule has 0 fully saturated rings. The van der Waals surface area contributed by atoms with Crippen molar-refractivity contribution in [2.24, 2.45) is 11.7 Å². The SMILES string of the molecule is CC(C)C(O)(CN)Cc1cncc(Br)c1. The number of nitrogens with zero attached hydrogens (tertiary/aromatic N) is 1. The van der Waals surface area contributed by atoms with E-state index in [0.717, 1.165) is 10.0 Å². The first-order valence-corrected chi connectivity index (χ1v) is 5.79. The number of nitrogens with two attached hydrogens (primary N) is 1. The van der Waals surface area contributed by atoms with Crippen molar-refractivity contribution in [3.8, 4) is 0 Å². The Bertz CT molecular complexity index is 330. The van der Waals surface area contributed by atoms with E-state index in [9.17, 15) is 5.11 Å². The van der Waals surface area contributed by atoms with E-state index in [-0.39, 0.29) is 12.5 Å². The Morgan fingerprint density at radius 1 is 1.53 bits per heavy atom. The first-order chi connectivity index (χ1) is 6.98. The van der Waals surface area contributed by atoms with Crippen molar-refractivity contribution in [2.75, 3.05) is 6.54 Å². The lowest BCUT2D eigenvalue weighted by Gasteiger charge is -2.30. The molecule has 3 N–H and O–H groups in total. The van der Waals surface area contributed by atoms with Crippen LogP contribution in [-0.2, 0) is 6.42 Å². The van der Waals surface area contributed by atoms with Gasteiger partial charge in [0.2, 0.25) is 0 Å².